The van der Waals surface area contributed by atoms with Crippen molar-refractivity contribution in [2.45, 2.75) is 19.4 Å². The number of methoxy groups -OCH3 is 2. The fourth-order valence-electron chi connectivity index (χ4n) is 2.49. The van der Waals surface area contributed by atoms with Crippen molar-refractivity contribution in [2.24, 2.45) is 0 Å². The molecule has 0 N–H and O–H groups in total. The van der Waals surface area contributed by atoms with E-state index in [1.54, 1.807) is 6.07 Å². The molecule has 100 valence electrons. The quantitative estimate of drug-likeness (QED) is 0.832. The predicted octanol–water partition coefficient (Wildman–Crippen LogP) is 2.80. The van der Waals surface area contributed by atoms with Crippen LogP contribution in [0, 0.1) is 0 Å². The van der Waals surface area contributed by atoms with E-state index in [-0.39, 0.29) is 11.9 Å². The zero-order chi connectivity index (χ0) is 13.6. The van der Waals surface area contributed by atoms with E-state index in [4.69, 9.17) is 18.6 Å². The monoisotopic (exact) mass is 262 g/mol. The Morgan fingerprint density at radius 1 is 1.26 bits per heavy atom. The van der Waals surface area contributed by atoms with Crippen molar-refractivity contribution in [3.05, 3.63) is 17.9 Å². The lowest BCUT2D eigenvalue weighted by Gasteiger charge is -2.25. The second-order valence-corrected chi connectivity index (χ2v) is 4.49. The molecule has 0 saturated carbocycles. The summed E-state index contributed by atoms with van der Waals surface area (Å²) in [6.45, 7) is 1.85. The molecule has 1 aromatic carbocycles. The molecule has 5 nitrogen and oxygen atoms in total. The van der Waals surface area contributed by atoms with Gasteiger partial charge in [-0.05, 0) is 13.0 Å². The van der Waals surface area contributed by atoms with E-state index in [1.165, 1.54) is 20.5 Å². The van der Waals surface area contributed by atoms with Crippen molar-refractivity contribution in [1.82, 2.24) is 0 Å². The highest BCUT2D eigenvalue weighted by atomic mass is 16.5. The molecule has 2 aromatic rings. The summed E-state index contributed by atoms with van der Waals surface area (Å²) < 4.78 is 21.9. The number of carbonyl (C=O) groups is 1. The Kier molecular flexibility index (Phi) is 2.62. The molecule has 5 heteroatoms. The van der Waals surface area contributed by atoms with Crippen LogP contribution in [-0.4, -0.2) is 26.1 Å². The second-order valence-electron chi connectivity index (χ2n) is 4.49. The lowest BCUT2D eigenvalue weighted by atomic mass is 9.98. The van der Waals surface area contributed by atoms with E-state index in [0.717, 1.165) is 0 Å². The van der Waals surface area contributed by atoms with Gasteiger partial charge in [-0.3, -0.25) is 4.79 Å². The number of ether oxygens (including phenoxy) is 3. The first-order valence-corrected chi connectivity index (χ1v) is 6.02. The molecule has 0 saturated heterocycles. The Balaban J connectivity index is 2.42. The topological polar surface area (TPSA) is 57.9 Å². The first-order valence-electron chi connectivity index (χ1n) is 6.02. The summed E-state index contributed by atoms with van der Waals surface area (Å²) >= 11 is 0. The Hall–Kier alpha value is -2.17. The molecule has 0 amide bonds. The van der Waals surface area contributed by atoms with Crippen LogP contribution < -0.4 is 14.2 Å². The summed E-state index contributed by atoms with van der Waals surface area (Å²) in [4.78, 5) is 12.3. The van der Waals surface area contributed by atoms with Gasteiger partial charge in [-0.2, -0.15) is 0 Å². The zero-order valence-electron chi connectivity index (χ0n) is 11.0. The van der Waals surface area contributed by atoms with Crippen LogP contribution in [-0.2, 0) is 0 Å². The third-order valence-electron chi connectivity index (χ3n) is 3.26. The maximum atomic E-state index is 12.3. The highest BCUT2D eigenvalue weighted by Gasteiger charge is 2.33. The third-order valence-corrected chi connectivity index (χ3v) is 3.26. The van der Waals surface area contributed by atoms with Crippen molar-refractivity contribution in [3.8, 4) is 17.2 Å². The van der Waals surface area contributed by atoms with E-state index in [9.17, 15) is 4.79 Å². The van der Waals surface area contributed by atoms with Crippen LogP contribution in [0.4, 0.5) is 0 Å². The van der Waals surface area contributed by atoms with Gasteiger partial charge in [0, 0.05) is 6.42 Å². The third kappa shape index (κ3) is 1.58. The molecule has 0 fully saturated rings. The van der Waals surface area contributed by atoms with Gasteiger partial charge in [-0.1, -0.05) is 0 Å². The number of furan rings is 1. The lowest BCUT2D eigenvalue weighted by Crippen LogP contribution is -2.25. The molecule has 0 aliphatic carbocycles. The molecule has 1 aromatic heterocycles. The number of Topliss-reactive ketones (excluding diaryl/α,β-unsaturated/α-hetero) is 1. The van der Waals surface area contributed by atoms with Gasteiger partial charge < -0.3 is 18.6 Å². The summed E-state index contributed by atoms with van der Waals surface area (Å²) in [5.41, 5.74) is 0.964. The van der Waals surface area contributed by atoms with Crippen molar-refractivity contribution < 1.29 is 23.4 Å². The second kappa shape index (κ2) is 4.19. The molecule has 0 radical (unpaired) electrons. The smallest absolute Gasteiger partial charge is 0.205 e. The largest absolute Gasteiger partial charge is 0.495 e. The van der Waals surface area contributed by atoms with Gasteiger partial charge in [0.1, 0.15) is 17.4 Å². The summed E-state index contributed by atoms with van der Waals surface area (Å²) in [7, 11) is 3.05. The van der Waals surface area contributed by atoms with Gasteiger partial charge in [-0.25, -0.2) is 0 Å². The average Bonchev–Trinajstić information content (AvgIpc) is 2.84. The van der Waals surface area contributed by atoms with E-state index in [1.807, 2.05) is 6.92 Å². The Labute approximate surface area is 110 Å². The molecule has 0 spiro atoms. The number of fused-ring (bicyclic) bond motifs is 2. The maximum absolute atomic E-state index is 12.3. The molecule has 3 rings (SSSR count). The van der Waals surface area contributed by atoms with Crippen LogP contribution in [0.15, 0.2) is 16.7 Å². The van der Waals surface area contributed by atoms with Gasteiger partial charge in [0.15, 0.2) is 17.1 Å². The minimum atomic E-state index is -0.189. The molecule has 0 unspecified atom stereocenters. The van der Waals surface area contributed by atoms with Crippen molar-refractivity contribution >= 4 is 16.8 Å². The molecular formula is C14H14O5. The van der Waals surface area contributed by atoms with Gasteiger partial charge >= 0.3 is 0 Å². The van der Waals surface area contributed by atoms with Gasteiger partial charge in [0.2, 0.25) is 5.75 Å². The van der Waals surface area contributed by atoms with Gasteiger partial charge in [0.25, 0.3) is 0 Å². The van der Waals surface area contributed by atoms with Gasteiger partial charge in [-0.15, -0.1) is 0 Å². The van der Waals surface area contributed by atoms with Crippen molar-refractivity contribution in [1.29, 1.82) is 0 Å². The fraction of sp³-hybridized carbons (Fsp3) is 0.357. The lowest BCUT2D eigenvalue weighted by molar-refractivity contribution is 0.0860. The number of carbonyl (C=O) groups excluding carboxylic acids is 1. The van der Waals surface area contributed by atoms with Gasteiger partial charge in [0.05, 0.1) is 25.9 Å². The minimum Gasteiger partial charge on any atom is -0.495 e. The molecule has 2 heterocycles. The number of rotatable bonds is 2. The van der Waals surface area contributed by atoms with Crippen molar-refractivity contribution in [3.63, 3.8) is 0 Å². The van der Waals surface area contributed by atoms with E-state index >= 15 is 0 Å². The number of ketones is 1. The van der Waals surface area contributed by atoms with E-state index in [2.05, 4.69) is 0 Å². The summed E-state index contributed by atoms with van der Waals surface area (Å²) in [6.07, 6.45) is 1.68. The maximum Gasteiger partial charge on any atom is 0.205 e. The molecule has 0 bridgehead atoms. The SMILES string of the molecule is COc1c2c(c(OC)c3occc13)O[C@@H](C)CC2=O. The van der Waals surface area contributed by atoms with Crippen LogP contribution in [0.25, 0.3) is 11.0 Å². The van der Waals surface area contributed by atoms with Crippen LogP contribution in [0.1, 0.15) is 23.7 Å². The summed E-state index contributed by atoms with van der Waals surface area (Å²) in [6, 6.07) is 1.75. The standard InChI is InChI=1S/C14H14O5/c1-7-6-9(15)10-11(16-2)8-4-5-18-12(8)14(17-3)13(10)19-7/h4-5,7H,6H2,1-3H3/t7-/m0/s1. The van der Waals surface area contributed by atoms with Crippen LogP contribution >= 0.6 is 0 Å². The molecule has 1 atom stereocenters. The highest BCUT2D eigenvalue weighted by Crippen LogP contribution is 2.48. The number of benzene rings is 1. The van der Waals surface area contributed by atoms with Crippen molar-refractivity contribution in [2.75, 3.05) is 14.2 Å². The molecule has 1 aliphatic heterocycles. The van der Waals surface area contributed by atoms with E-state index < -0.39 is 0 Å². The van der Waals surface area contributed by atoms with Crippen LogP contribution in [0.2, 0.25) is 0 Å². The summed E-state index contributed by atoms with van der Waals surface area (Å²) in [5.74, 6) is 1.32. The highest BCUT2D eigenvalue weighted by molar-refractivity contribution is 6.10. The first kappa shape index (κ1) is 11.9. The average molecular weight is 262 g/mol. The van der Waals surface area contributed by atoms with Crippen LogP contribution in [0.5, 0.6) is 17.2 Å². The summed E-state index contributed by atoms with van der Waals surface area (Å²) in [5, 5.41) is 0.713. The minimum absolute atomic E-state index is 0.00741. The first-order chi connectivity index (χ1) is 9.17. The Morgan fingerprint density at radius 2 is 2.00 bits per heavy atom. The molecule has 19 heavy (non-hydrogen) atoms. The number of hydrogen-bond donors (Lipinski definition) is 0. The fourth-order valence-corrected chi connectivity index (χ4v) is 2.49. The molecular weight excluding hydrogens is 248 g/mol. The number of hydrogen-bond acceptors (Lipinski definition) is 5. The normalized spacial score (nSPS) is 18.1. The van der Waals surface area contributed by atoms with E-state index in [0.29, 0.717) is 40.2 Å². The molecule has 1 aliphatic rings. The zero-order valence-corrected chi connectivity index (χ0v) is 11.0. The Morgan fingerprint density at radius 3 is 2.68 bits per heavy atom. The predicted molar refractivity (Wildman–Crippen MR) is 68.4 cm³/mol. The van der Waals surface area contributed by atoms with Crippen LogP contribution in [0.3, 0.4) is 0 Å². The Bertz CT molecular complexity index is 655.